The first kappa shape index (κ1) is 13.5. The van der Waals surface area contributed by atoms with E-state index in [2.05, 4.69) is 22.5 Å². The van der Waals surface area contributed by atoms with E-state index in [0.717, 1.165) is 26.2 Å². The number of likely N-dealkylation sites (tertiary alicyclic amines) is 1. The highest BCUT2D eigenvalue weighted by atomic mass is 16.1. The van der Waals surface area contributed by atoms with Crippen molar-refractivity contribution in [2.24, 2.45) is 0 Å². The van der Waals surface area contributed by atoms with E-state index in [1.165, 1.54) is 19.3 Å². The Morgan fingerprint density at radius 3 is 2.62 bits per heavy atom. The summed E-state index contributed by atoms with van der Waals surface area (Å²) in [4.78, 5) is 13.5. The summed E-state index contributed by atoms with van der Waals surface area (Å²) in [7, 11) is 1.70. The van der Waals surface area contributed by atoms with E-state index in [4.69, 9.17) is 0 Å². The van der Waals surface area contributed by atoms with Crippen molar-refractivity contribution in [3.8, 4) is 0 Å². The molecule has 0 atom stereocenters. The van der Waals surface area contributed by atoms with Crippen LogP contribution >= 0.6 is 0 Å². The predicted octanol–water partition coefficient (Wildman–Crippen LogP) is 0.587. The number of nitrogens with zero attached hydrogens (tertiary/aromatic N) is 1. The number of amides is 1. The fourth-order valence-corrected chi connectivity index (χ4v) is 2.09. The Bertz CT molecular complexity index is 200. The van der Waals surface area contributed by atoms with E-state index in [9.17, 15) is 4.79 Å². The average molecular weight is 227 g/mol. The second kappa shape index (κ2) is 7.63. The smallest absolute Gasteiger partial charge is 0.221 e. The van der Waals surface area contributed by atoms with Crippen molar-refractivity contribution in [2.75, 3.05) is 33.2 Å². The monoisotopic (exact) mass is 227 g/mol. The lowest BCUT2D eigenvalue weighted by Gasteiger charge is -2.32. The van der Waals surface area contributed by atoms with Crippen molar-refractivity contribution < 1.29 is 4.79 Å². The van der Waals surface area contributed by atoms with Crippen LogP contribution in [0.15, 0.2) is 0 Å². The molecule has 1 heterocycles. The molecule has 0 radical (unpaired) electrons. The van der Waals surface area contributed by atoms with Gasteiger partial charge < -0.3 is 15.5 Å². The van der Waals surface area contributed by atoms with Gasteiger partial charge in [-0.15, -0.1) is 0 Å². The molecule has 4 nitrogen and oxygen atoms in total. The van der Waals surface area contributed by atoms with E-state index in [-0.39, 0.29) is 5.91 Å². The number of hydrogen-bond acceptors (Lipinski definition) is 3. The normalized spacial score (nSPS) is 18.6. The lowest BCUT2D eigenvalue weighted by Crippen LogP contribution is -2.43. The molecular formula is C12H25N3O. The largest absolute Gasteiger partial charge is 0.359 e. The number of hydrogen-bond donors (Lipinski definition) is 2. The maximum Gasteiger partial charge on any atom is 0.221 e. The number of carbonyl (C=O) groups excluding carboxylic acids is 1. The highest BCUT2D eigenvalue weighted by Crippen LogP contribution is 2.10. The lowest BCUT2D eigenvalue weighted by atomic mass is 10.0. The van der Waals surface area contributed by atoms with Crippen LogP contribution in [0.5, 0.6) is 0 Å². The van der Waals surface area contributed by atoms with Crippen molar-refractivity contribution in [3.05, 3.63) is 0 Å². The van der Waals surface area contributed by atoms with Gasteiger partial charge in [0, 0.05) is 26.1 Å². The van der Waals surface area contributed by atoms with Gasteiger partial charge >= 0.3 is 0 Å². The average Bonchev–Trinajstić information content (AvgIpc) is 2.34. The van der Waals surface area contributed by atoms with Crippen LogP contribution in [0.4, 0.5) is 0 Å². The molecule has 94 valence electrons. The van der Waals surface area contributed by atoms with Gasteiger partial charge in [0.1, 0.15) is 0 Å². The molecule has 1 aliphatic heterocycles. The molecule has 1 amide bonds. The molecule has 1 saturated heterocycles. The van der Waals surface area contributed by atoms with Gasteiger partial charge in [0.15, 0.2) is 0 Å². The first-order valence-electron chi connectivity index (χ1n) is 6.42. The molecule has 0 bridgehead atoms. The Kier molecular flexibility index (Phi) is 6.42. The summed E-state index contributed by atoms with van der Waals surface area (Å²) in [6, 6.07) is 0.691. The highest BCUT2D eigenvalue weighted by Gasteiger charge is 2.18. The van der Waals surface area contributed by atoms with Gasteiger partial charge in [-0.05, 0) is 38.9 Å². The van der Waals surface area contributed by atoms with Crippen LogP contribution in [-0.4, -0.2) is 50.1 Å². The van der Waals surface area contributed by atoms with Gasteiger partial charge in [-0.3, -0.25) is 4.79 Å². The molecule has 0 aromatic heterocycles. The Balaban J connectivity index is 2.09. The topological polar surface area (TPSA) is 44.4 Å². The third kappa shape index (κ3) is 4.94. The summed E-state index contributed by atoms with van der Waals surface area (Å²) in [5.41, 5.74) is 0. The van der Waals surface area contributed by atoms with Gasteiger partial charge in [-0.1, -0.05) is 6.92 Å². The molecule has 1 aliphatic rings. The number of nitrogens with one attached hydrogen (secondary N) is 2. The molecule has 16 heavy (non-hydrogen) atoms. The van der Waals surface area contributed by atoms with Crippen molar-refractivity contribution in [1.82, 2.24) is 15.5 Å². The highest BCUT2D eigenvalue weighted by molar-refractivity contribution is 5.75. The summed E-state index contributed by atoms with van der Waals surface area (Å²) in [6.45, 7) is 6.48. The molecule has 0 saturated carbocycles. The van der Waals surface area contributed by atoms with E-state index in [1.54, 1.807) is 7.05 Å². The quantitative estimate of drug-likeness (QED) is 0.698. The summed E-state index contributed by atoms with van der Waals surface area (Å²) < 4.78 is 0. The second-order valence-electron chi connectivity index (χ2n) is 4.49. The van der Waals surface area contributed by atoms with Gasteiger partial charge in [0.2, 0.25) is 5.91 Å². The Morgan fingerprint density at radius 2 is 2.06 bits per heavy atom. The first-order valence-corrected chi connectivity index (χ1v) is 6.42. The van der Waals surface area contributed by atoms with Crippen LogP contribution in [0, 0.1) is 0 Å². The molecule has 1 fully saturated rings. The molecule has 0 aliphatic carbocycles. The summed E-state index contributed by atoms with van der Waals surface area (Å²) >= 11 is 0. The Labute approximate surface area is 98.8 Å². The maximum atomic E-state index is 11.1. The van der Waals surface area contributed by atoms with Crippen LogP contribution < -0.4 is 10.6 Å². The predicted molar refractivity (Wildman–Crippen MR) is 66.4 cm³/mol. The van der Waals surface area contributed by atoms with Crippen molar-refractivity contribution in [1.29, 1.82) is 0 Å². The molecule has 2 N–H and O–H groups in total. The maximum absolute atomic E-state index is 11.1. The second-order valence-corrected chi connectivity index (χ2v) is 4.49. The van der Waals surface area contributed by atoms with E-state index in [1.807, 2.05) is 0 Å². The van der Waals surface area contributed by atoms with E-state index >= 15 is 0 Å². The molecule has 0 aromatic carbocycles. The summed E-state index contributed by atoms with van der Waals surface area (Å²) in [5, 5.41) is 6.23. The first-order chi connectivity index (χ1) is 7.76. The Morgan fingerprint density at radius 1 is 1.38 bits per heavy atom. The zero-order chi connectivity index (χ0) is 11.8. The number of carbonyl (C=O) groups is 1. The van der Waals surface area contributed by atoms with Gasteiger partial charge in [0.25, 0.3) is 0 Å². The Hall–Kier alpha value is -0.610. The molecule has 0 spiro atoms. The molecule has 4 heteroatoms. The van der Waals surface area contributed by atoms with Crippen molar-refractivity contribution in [2.45, 2.75) is 38.6 Å². The van der Waals surface area contributed by atoms with Crippen LogP contribution in [-0.2, 0) is 4.79 Å². The van der Waals surface area contributed by atoms with Crippen LogP contribution in [0.2, 0.25) is 0 Å². The van der Waals surface area contributed by atoms with Gasteiger partial charge in [0.05, 0.1) is 0 Å². The third-order valence-corrected chi connectivity index (χ3v) is 3.20. The van der Waals surface area contributed by atoms with Crippen LogP contribution in [0.25, 0.3) is 0 Å². The molecule has 1 rings (SSSR count). The summed E-state index contributed by atoms with van der Waals surface area (Å²) in [6.07, 6.45) is 4.27. The minimum atomic E-state index is 0.145. The molecule has 0 unspecified atom stereocenters. The third-order valence-electron chi connectivity index (χ3n) is 3.20. The SMILES string of the molecule is CCCNC1CCN(CCC(=O)NC)CC1. The van der Waals surface area contributed by atoms with Gasteiger partial charge in [-0.2, -0.15) is 0 Å². The standard InChI is InChI=1S/C12H25N3O/c1-3-7-14-11-4-8-15(9-5-11)10-6-12(16)13-2/h11,14H,3-10H2,1-2H3,(H,13,16). The lowest BCUT2D eigenvalue weighted by molar-refractivity contribution is -0.121. The number of piperidine rings is 1. The zero-order valence-corrected chi connectivity index (χ0v) is 10.6. The van der Waals surface area contributed by atoms with Crippen LogP contribution in [0.3, 0.4) is 0 Å². The number of rotatable bonds is 6. The zero-order valence-electron chi connectivity index (χ0n) is 10.6. The minimum Gasteiger partial charge on any atom is -0.359 e. The molecular weight excluding hydrogens is 202 g/mol. The van der Waals surface area contributed by atoms with E-state index < -0.39 is 0 Å². The van der Waals surface area contributed by atoms with Crippen LogP contribution in [0.1, 0.15) is 32.6 Å². The minimum absolute atomic E-state index is 0.145. The van der Waals surface area contributed by atoms with Gasteiger partial charge in [-0.25, -0.2) is 0 Å². The fraction of sp³-hybridized carbons (Fsp3) is 0.917. The van der Waals surface area contributed by atoms with Crippen molar-refractivity contribution in [3.63, 3.8) is 0 Å². The van der Waals surface area contributed by atoms with E-state index in [0.29, 0.717) is 12.5 Å². The summed E-state index contributed by atoms with van der Waals surface area (Å²) in [5.74, 6) is 0.145. The van der Waals surface area contributed by atoms with Crippen molar-refractivity contribution >= 4 is 5.91 Å². The fourth-order valence-electron chi connectivity index (χ4n) is 2.09. The molecule has 0 aromatic rings.